The Balaban J connectivity index is 1.85. The number of nitrogens with one attached hydrogen (secondary N) is 1. The molecule has 0 radical (unpaired) electrons. The molecule has 1 saturated heterocycles. The van der Waals surface area contributed by atoms with Crippen LogP contribution in [0.1, 0.15) is 30.1 Å². The first-order chi connectivity index (χ1) is 9.87. The third kappa shape index (κ3) is 4.52. The number of carbonyl (C=O) groups excluding carboxylic acids is 2. The highest BCUT2D eigenvalue weighted by atomic mass is 35.5. The Morgan fingerprint density at radius 3 is 2.57 bits per heavy atom. The molecule has 1 aliphatic rings. The summed E-state index contributed by atoms with van der Waals surface area (Å²) < 4.78 is 0. The van der Waals surface area contributed by atoms with Gasteiger partial charge in [0, 0.05) is 13.1 Å². The molecule has 1 aromatic rings. The van der Waals surface area contributed by atoms with Gasteiger partial charge in [0.25, 0.3) is 5.91 Å². The van der Waals surface area contributed by atoms with Gasteiger partial charge in [0.05, 0.1) is 22.7 Å². The maximum absolute atomic E-state index is 11.9. The first kappa shape index (κ1) is 15.9. The standard InChI is InChI=1S/C15H19ClN2O3/c1-15(21)6-8-18(9-7-15)10-13(19)17-14(20)11-4-2-3-5-12(11)16/h2-5,21H,6-10H2,1H3,(H,17,19,20). The fourth-order valence-electron chi connectivity index (χ4n) is 2.27. The summed E-state index contributed by atoms with van der Waals surface area (Å²) in [6.07, 6.45) is 1.25. The number of halogens is 1. The molecule has 0 bridgehead atoms. The number of piperidine rings is 1. The van der Waals surface area contributed by atoms with Crippen LogP contribution in [0.4, 0.5) is 0 Å². The Morgan fingerprint density at radius 2 is 1.95 bits per heavy atom. The third-order valence-corrected chi connectivity index (χ3v) is 4.00. The van der Waals surface area contributed by atoms with Gasteiger partial charge in [-0.1, -0.05) is 23.7 Å². The molecule has 0 unspecified atom stereocenters. The molecule has 0 aromatic heterocycles. The Hall–Kier alpha value is -1.43. The van der Waals surface area contributed by atoms with E-state index >= 15 is 0 Å². The molecule has 1 aliphatic heterocycles. The minimum Gasteiger partial charge on any atom is -0.390 e. The first-order valence-corrected chi connectivity index (χ1v) is 7.29. The lowest BCUT2D eigenvalue weighted by Crippen LogP contribution is -2.47. The molecule has 21 heavy (non-hydrogen) atoms. The van der Waals surface area contributed by atoms with E-state index in [9.17, 15) is 14.7 Å². The lowest BCUT2D eigenvalue weighted by atomic mass is 9.94. The second kappa shape index (κ2) is 6.56. The smallest absolute Gasteiger partial charge is 0.259 e. The molecule has 2 amide bonds. The zero-order valence-electron chi connectivity index (χ0n) is 11.9. The SMILES string of the molecule is CC1(O)CCN(CC(=O)NC(=O)c2ccccc2Cl)CC1. The second-order valence-electron chi connectivity index (χ2n) is 5.63. The minimum absolute atomic E-state index is 0.145. The van der Waals surface area contributed by atoms with Crippen LogP contribution >= 0.6 is 11.6 Å². The number of likely N-dealkylation sites (tertiary alicyclic amines) is 1. The highest BCUT2D eigenvalue weighted by Gasteiger charge is 2.28. The second-order valence-corrected chi connectivity index (χ2v) is 6.04. The number of aliphatic hydroxyl groups is 1. The van der Waals surface area contributed by atoms with E-state index in [1.165, 1.54) is 0 Å². The van der Waals surface area contributed by atoms with Crippen molar-refractivity contribution in [1.29, 1.82) is 0 Å². The normalized spacial score (nSPS) is 18.2. The van der Waals surface area contributed by atoms with Crippen molar-refractivity contribution in [2.45, 2.75) is 25.4 Å². The van der Waals surface area contributed by atoms with Gasteiger partial charge in [-0.2, -0.15) is 0 Å². The Labute approximate surface area is 128 Å². The zero-order chi connectivity index (χ0) is 15.5. The molecule has 0 spiro atoms. The van der Waals surface area contributed by atoms with Crippen LogP contribution in [0.2, 0.25) is 5.02 Å². The predicted octanol–water partition coefficient (Wildman–Crippen LogP) is 1.44. The summed E-state index contributed by atoms with van der Waals surface area (Å²) in [5, 5.41) is 12.5. The minimum atomic E-state index is -0.652. The highest BCUT2D eigenvalue weighted by Crippen LogP contribution is 2.20. The van der Waals surface area contributed by atoms with Crippen LogP contribution in [0.15, 0.2) is 24.3 Å². The Bertz CT molecular complexity index is 535. The monoisotopic (exact) mass is 310 g/mol. The maximum atomic E-state index is 11.9. The molecule has 0 aliphatic carbocycles. The van der Waals surface area contributed by atoms with Crippen LogP contribution in [0.3, 0.4) is 0 Å². The van der Waals surface area contributed by atoms with E-state index < -0.39 is 11.5 Å². The fraction of sp³-hybridized carbons (Fsp3) is 0.467. The summed E-state index contributed by atoms with van der Waals surface area (Å²) in [4.78, 5) is 25.8. The topological polar surface area (TPSA) is 69.6 Å². The van der Waals surface area contributed by atoms with E-state index in [2.05, 4.69) is 5.32 Å². The molecule has 1 aromatic carbocycles. The number of nitrogens with zero attached hydrogens (tertiary/aromatic N) is 1. The molecule has 0 atom stereocenters. The van der Waals surface area contributed by atoms with E-state index in [1.807, 2.05) is 4.90 Å². The summed E-state index contributed by atoms with van der Waals surface area (Å²) in [6, 6.07) is 6.59. The molecular weight excluding hydrogens is 292 g/mol. The molecule has 5 nitrogen and oxygen atoms in total. The number of carbonyl (C=O) groups is 2. The van der Waals surface area contributed by atoms with E-state index in [4.69, 9.17) is 11.6 Å². The van der Waals surface area contributed by atoms with Crippen LogP contribution in [0.5, 0.6) is 0 Å². The number of hydrogen-bond donors (Lipinski definition) is 2. The van der Waals surface area contributed by atoms with Crippen molar-refractivity contribution >= 4 is 23.4 Å². The number of benzene rings is 1. The van der Waals surface area contributed by atoms with Gasteiger partial charge in [-0.3, -0.25) is 19.8 Å². The van der Waals surface area contributed by atoms with Crippen LogP contribution in [0.25, 0.3) is 0 Å². The number of hydrogen-bond acceptors (Lipinski definition) is 4. The van der Waals surface area contributed by atoms with Crippen molar-refractivity contribution in [2.24, 2.45) is 0 Å². The lowest BCUT2D eigenvalue weighted by Gasteiger charge is -2.35. The Morgan fingerprint density at radius 1 is 1.33 bits per heavy atom. The molecule has 2 rings (SSSR count). The molecule has 114 valence electrons. The van der Waals surface area contributed by atoms with Crippen molar-refractivity contribution in [3.8, 4) is 0 Å². The quantitative estimate of drug-likeness (QED) is 0.886. The van der Waals surface area contributed by atoms with E-state index in [-0.39, 0.29) is 18.0 Å². The van der Waals surface area contributed by atoms with Gasteiger partial charge in [-0.25, -0.2) is 0 Å². The first-order valence-electron chi connectivity index (χ1n) is 6.91. The third-order valence-electron chi connectivity index (χ3n) is 3.67. The molecule has 2 N–H and O–H groups in total. The summed E-state index contributed by atoms with van der Waals surface area (Å²) in [7, 11) is 0. The zero-order valence-corrected chi connectivity index (χ0v) is 12.7. The van der Waals surface area contributed by atoms with Crippen LogP contribution < -0.4 is 5.32 Å². The molecule has 1 heterocycles. The highest BCUT2D eigenvalue weighted by molar-refractivity contribution is 6.34. The molecular formula is C15H19ClN2O3. The van der Waals surface area contributed by atoms with Crippen molar-refractivity contribution in [3.63, 3.8) is 0 Å². The van der Waals surface area contributed by atoms with Gasteiger partial charge in [0.15, 0.2) is 0 Å². The van der Waals surface area contributed by atoms with Gasteiger partial charge in [-0.05, 0) is 31.9 Å². The van der Waals surface area contributed by atoms with Crippen molar-refractivity contribution < 1.29 is 14.7 Å². The molecule has 0 saturated carbocycles. The summed E-state index contributed by atoms with van der Waals surface area (Å²) in [5.74, 6) is -0.851. The largest absolute Gasteiger partial charge is 0.390 e. The van der Waals surface area contributed by atoms with Gasteiger partial charge in [0.2, 0.25) is 5.91 Å². The Kier molecular flexibility index (Phi) is 4.98. The molecule has 6 heteroatoms. The van der Waals surface area contributed by atoms with E-state index in [0.29, 0.717) is 31.0 Å². The fourth-order valence-corrected chi connectivity index (χ4v) is 2.50. The van der Waals surface area contributed by atoms with Crippen LogP contribution in [0, 0.1) is 0 Å². The predicted molar refractivity (Wildman–Crippen MR) is 80.2 cm³/mol. The van der Waals surface area contributed by atoms with Crippen LogP contribution in [-0.2, 0) is 4.79 Å². The van der Waals surface area contributed by atoms with Crippen molar-refractivity contribution in [2.75, 3.05) is 19.6 Å². The van der Waals surface area contributed by atoms with Crippen molar-refractivity contribution in [1.82, 2.24) is 10.2 Å². The van der Waals surface area contributed by atoms with Gasteiger partial charge < -0.3 is 5.11 Å². The lowest BCUT2D eigenvalue weighted by molar-refractivity contribution is -0.122. The average Bonchev–Trinajstić information content (AvgIpc) is 2.41. The van der Waals surface area contributed by atoms with Gasteiger partial charge in [0.1, 0.15) is 0 Å². The number of imide groups is 1. The van der Waals surface area contributed by atoms with Crippen molar-refractivity contribution in [3.05, 3.63) is 34.9 Å². The average molecular weight is 311 g/mol. The summed E-state index contributed by atoms with van der Waals surface area (Å²) in [6.45, 7) is 3.22. The van der Waals surface area contributed by atoms with E-state index in [1.54, 1.807) is 31.2 Å². The molecule has 1 fully saturated rings. The number of amides is 2. The summed E-state index contributed by atoms with van der Waals surface area (Å²) in [5.41, 5.74) is -0.366. The van der Waals surface area contributed by atoms with Gasteiger partial charge in [-0.15, -0.1) is 0 Å². The summed E-state index contributed by atoms with van der Waals surface area (Å²) >= 11 is 5.92. The number of rotatable bonds is 3. The maximum Gasteiger partial charge on any atom is 0.259 e. The van der Waals surface area contributed by atoms with Gasteiger partial charge >= 0.3 is 0 Å². The van der Waals surface area contributed by atoms with Crippen LogP contribution in [-0.4, -0.2) is 47.1 Å². The van der Waals surface area contributed by atoms with E-state index in [0.717, 1.165) is 0 Å².